The predicted octanol–water partition coefficient (Wildman–Crippen LogP) is 6.44. The first-order chi connectivity index (χ1) is 13.9. The summed E-state index contributed by atoms with van der Waals surface area (Å²) in [5.74, 6) is 1.72. The average molecular weight is 476 g/mol. The van der Waals surface area contributed by atoms with E-state index in [0.717, 1.165) is 26.9 Å². The Balaban J connectivity index is 2.06. The zero-order valence-electron chi connectivity index (χ0n) is 19.4. The summed E-state index contributed by atoms with van der Waals surface area (Å²) in [7, 11) is 1.69. The second-order valence-electron chi connectivity index (χ2n) is 9.08. The number of carbonyl (C=O) groups excluding carboxylic acids is 1. The molecule has 0 fully saturated rings. The van der Waals surface area contributed by atoms with Crippen LogP contribution in [0, 0.1) is 6.92 Å². The van der Waals surface area contributed by atoms with E-state index in [1.807, 2.05) is 38.1 Å². The zero-order chi connectivity index (χ0) is 22.6. The van der Waals surface area contributed by atoms with E-state index in [1.165, 1.54) is 5.56 Å². The van der Waals surface area contributed by atoms with E-state index >= 15 is 0 Å². The summed E-state index contributed by atoms with van der Waals surface area (Å²) in [6.45, 7) is 14.7. The lowest BCUT2D eigenvalue weighted by Gasteiger charge is -2.21. The maximum absolute atomic E-state index is 12.5. The van der Waals surface area contributed by atoms with Crippen molar-refractivity contribution in [3.05, 3.63) is 57.1 Å². The lowest BCUT2D eigenvalue weighted by atomic mass is 9.87. The minimum absolute atomic E-state index is 0.0377. The van der Waals surface area contributed by atoms with Crippen molar-refractivity contribution in [3.8, 4) is 11.5 Å². The maximum Gasteiger partial charge on any atom is 0.258 e. The van der Waals surface area contributed by atoms with Gasteiger partial charge in [-0.25, -0.2) is 0 Å². The Morgan fingerprint density at radius 1 is 1.07 bits per heavy atom. The minimum atomic E-state index is -0.157. The van der Waals surface area contributed by atoms with Crippen molar-refractivity contribution in [2.75, 3.05) is 13.7 Å². The Morgan fingerprint density at radius 2 is 1.73 bits per heavy atom. The Hall–Kier alpha value is -2.01. The lowest BCUT2D eigenvalue weighted by molar-refractivity contribution is -0.123. The number of ether oxygens (including phenoxy) is 2. The summed E-state index contributed by atoms with van der Waals surface area (Å²) in [4.78, 5) is 12.5. The van der Waals surface area contributed by atoms with E-state index in [2.05, 4.69) is 61.9 Å². The quantitative estimate of drug-likeness (QED) is 0.500. The maximum atomic E-state index is 12.5. The first-order valence-electron chi connectivity index (χ1n) is 10.3. The fourth-order valence-electron chi connectivity index (χ4n) is 3.40. The molecule has 0 heterocycles. The van der Waals surface area contributed by atoms with Crippen molar-refractivity contribution in [1.82, 2.24) is 5.32 Å². The number of hydrogen-bond donors (Lipinski definition) is 1. The first-order valence-corrected chi connectivity index (χ1v) is 11.1. The number of aryl methyl sites for hydroxylation is 1. The van der Waals surface area contributed by atoms with Crippen molar-refractivity contribution >= 4 is 21.8 Å². The van der Waals surface area contributed by atoms with Crippen LogP contribution in [0.4, 0.5) is 0 Å². The molecule has 0 aliphatic carbocycles. The number of halogens is 1. The van der Waals surface area contributed by atoms with Gasteiger partial charge in [-0.05, 0) is 87.6 Å². The third-order valence-corrected chi connectivity index (χ3v) is 5.86. The van der Waals surface area contributed by atoms with Crippen molar-refractivity contribution in [2.45, 2.75) is 65.8 Å². The van der Waals surface area contributed by atoms with E-state index in [4.69, 9.17) is 9.47 Å². The van der Waals surface area contributed by atoms with Crippen LogP contribution >= 0.6 is 15.9 Å². The third kappa shape index (κ3) is 6.00. The Morgan fingerprint density at radius 3 is 2.27 bits per heavy atom. The molecule has 0 aliphatic heterocycles. The molecule has 2 aromatic carbocycles. The van der Waals surface area contributed by atoms with Gasteiger partial charge in [-0.15, -0.1) is 0 Å². The van der Waals surface area contributed by atoms with Gasteiger partial charge >= 0.3 is 0 Å². The molecule has 2 aromatic rings. The number of carbonyl (C=O) groups is 1. The standard InChI is InChI=1S/C25H34BrNO3/c1-15(2)19-13-20(16(3)11-23(19)29-8)17(4)27-24(28)14-30-22-10-9-18(12-21(22)26)25(5,6)7/h9-13,15,17H,14H2,1-8H3,(H,27,28). The van der Waals surface area contributed by atoms with Crippen LogP contribution in [0.3, 0.4) is 0 Å². The van der Waals surface area contributed by atoms with E-state index in [-0.39, 0.29) is 24.0 Å². The Kier molecular flexibility index (Phi) is 7.98. The van der Waals surface area contributed by atoms with Gasteiger partial charge in [-0.1, -0.05) is 40.7 Å². The van der Waals surface area contributed by atoms with Gasteiger partial charge in [0.05, 0.1) is 17.6 Å². The van der Waals surface area contributed by atoms with Crippen LogP contribution in [-0.2, 0) is 10.2 Å². The lowest BCUT2D eigenvalue weighted by Crippen LogP contribution is -2.31. The SMILES string of the molecule is COc1cc(C)c(C(C)NC(=O)COc2ccc(C(C)(C)C)cc2Br)cc1C(C)C. The molecular formula is C25H34BrNO3. The molecule has 1 atom stereocenters. The summed E-state index contributed by atoms with van der Waals surface area (Å²) < 4.78 is 12.1. The van der Waals surface area contributed by atoms with Crippen LogP contribution in [0.5, 0.6) is 11.5 Å². The van der Waals surface area contributed by atoms with Crippen molar-refractivity contribution in [2.24, 2.45) is 0 Å². The molecule has 1 N–H and O–H groups in total. The molecular weight excluding hydrogens is 442 g/mol. The van der Waals surface area contributed by atoms with Crippen molar-refractivity contribution in [1.29, 1.82) is 0 Å². The van der Waals surface area contributed by atoms with Gasteiger partial charge in [0.2, 0.25) is 0 Å². The molecule has 0 saturated heterocycles. The fraction of sp³-hybridized carbons (Fsp3) is 0.480. The Bertz CT molecular complexity index is 900. The van der Waals surface area contributed by atoms with Crippen LogP contribution in [0.1, 0.15) is 75.8 Å². The fourth-order valence-corrected chi connectivity index (χ4v) is 3.89. The van der Waals surface area contributed by atoms with Gasteiger partial charge in [0.25, 0.3) is 5.91 Å². The van der Waals surface area contributed by atoms with Crippen LogP contribution in [0.15, 0.2) is 34.8 Å². The molecule has 164 valence electrons. The summed E-state index contributed by atoms with van der Waals surface area (Å²) in [6.07, 6.45) is 0. The highest BCUT2D eigenvalue weighted by Crippen LogP contribution is 2.33. The smallest absolute Gasteiger partial charge is 0.258 e. The number of nitrogens with one attached hydrogen (secondary N) is 1. The van der Waals surface area contributed by atoms with E-state index < -0.39 is 0 Å². The highest BCUT2D eigenvalue weighted by atomic mass is 79.9. The number of benzene rings is 2. The third-order valence-electron chi connectivity index (χ3n) is 5.24. The zero-order valence-corrected chi connectivity index (χ0v) is 20.9. The number of hydrogen-bond acceptors (Lipinski definition) is 3. The van der Waals surface area contributed by atoms with E-state index in [1.54, 1.807) is 7.11 Å². The molecule has 1 amide bonds. The molecule has 0 saturated carbocycles. The highest BCUT2D eigenvalue weighted by Gasteiger charge is 2.18. The molecule has 0 bridgehead atoms. The van der Waals surface area contributed by atoms with Crippen LogP contribution < -0.4 is 14.8 Å². The molecule has 2 rings (SSSR count). The minimum Gasteiger partial charge on any atom is -0.496 e. The normalized spacial score (nSPS) is 12.6. The van der Waals surface area contributed by atoms with Gasteiger partial charge in [-0.3, -0.25) is 4.79 Å². The van der Waals surface area contributed by atoms with Crippen molar-refractivity contribution in [3.63, 3.8) is 0 Å². The molecule has 0 spiro atoms. The molecule has 4 nitrogen and oxygen atoms in total. The van der Waals surface area contributed by atoms with Gasteiger partial charge < -0.3 is 14.8 Å². The van der Waals surface area contributed by atoms with Crippen LogP contribution in [-0.4, -0.2) is 19.6 Å². The molecule has 1 unspecified atom stereocenters. The monoisotopic (exact) mass is 475 g/mol. The molecule has 0 aliphatic rings. The van der Waals surface area contributed by atoms with Crippen molar-refractivity contribution < 1.29 is 14.3 Å². The van der Waals surface area contributed by atoms with Gasteiger partial charge in [0, 0.05) is 0 Å². The summed E-state index contributed by atoms with van der Waals surface area (Å²) >= 11 is 3.55. The van der Waals surface area contributed by atoms with Gasteiger partial charge in [0.1, 0.15) is 11.5 Å². The van der Waals surface area contributed by atoms with E-state index in [9.17, 15) is 4.79 Å². The Labute approximate surface area is 189 Å². The molecule has 5 heteroatoms. The average Bonchev–Trinajstić information content (AvgIpc) is 2.65. The predicted molar refractivity (Wildman–Crippen MR) is 127 cm³/mol. The first kappa shape index (κ1) is 24.3. The second-order valence-corrected chi connectivity index (χ2v) is 9.93. The largest absolute Gasteiger partial charge is 0.496 e. The molecule has 0 aromatic heterocycles. The summed E-state index contributed by atoms with van der Waals surface area (Å²) in [5.41, 5.74) is 4.57. The van der Waals surface area contributed by atoms with Gasteiger partial charge in [-0.2, -0.15) is 0 Å². The summed E-state index contributed by atoms with van der Waals surface area (Å²) in [5, 5.41) is 3.05. The van der Waals surface area contributed by atoms with Crippen LogP contribution in [0.25, 0.3) is 0 Å². The number of rotatable bonds is 7. The highest BCUT2D eigenvalue weighted by molar-refractivity contribution is 9.10. The topological polar surface area (TPSA) is 47.6 Å². The van der Waals surface area contributed by atoms with Gasteiger partial charge in [0.15, 0.2) is 6.61 Å². The number of amides is 1. The number of methoxy groups -OCH3 is 1. The summed E-state index contributed by atoms with van der Waals surface area (Å²) in [6, 6.07) is 10.0. The molecule has 30 heavy (non-hydrogen) atoms. The van der Waals surface area contributed by atoms with E-state index in [0.29, 0.717) is 11.7 Å². The van der Waals surface area contributed by atoms with Crippen LogP contribution in [0.2, 0.25) is 0 Å². The molecule has 0 radical (unpaired) electrons. The second kappa shape index (κ2) is 9.86.